The minimum absolute atomic E-state index is 0.0481. The van der Waals surface area contributed by atoms with Gasteiger partial charge in [-0.25, -0.2) is 14.8 Å². The number of pyridine rings is 1. The van der Waals surface area contributed by atoms with Crippen molar-refractivity contribution in [2.45, 2.75) is 19.8 Å². The maximum Gasteiger partial charge on any atom is 0.354 e. The number of thiazole rings is 1. The summed E-state index contributed by atoms with van der Waals surface area (Å²) in [7, 11) is 0. The molecule has 2 heterocycles. The van der Waals surface area contributed by atoms with Crippen LogP contribution >= 0.6 is 11.3 Å². The largest absolute Gasteiger partial charge is 0.477 e. The van der Waals surface area contributed by atoms with E-state index in [9.17, 15) is 4.79 Å². The summed E-state index contributed by atoms with van der Waals surface area (Å²) in [5.74, 6) is -0.443. The number of anilines is 1. The predicted molar refractivity (Wildman–Crippen MR) is 74.9 cm³/mol. The molecule has 2 rings (SSSR count). The summed E-state index contributed by atoms with van der Waals surface area (Å²) in [5.41, 5.74) is 1.11. The van der Waals surface area contributed by atoms with E-state index in [1.54, 1.807) is 23.5 Å². The number of aromatic nitrogens is 2. The van der Waals surface area contributed by atoms with E-state index in [2.05, 4.69) is 27.6 Å². The molecular weight excluding hydrogens is 262 g/mol. The SMILES string of the molecule is CCc1nc(CCNc2cccc(C(=O)O)n2)cs1. The van der Waals surface area contributed by atoms with Crippen LogP contribution in [0.2, 0.25) is 0 Å². The maximum atomic E-state index is 10.8. The predicted octanol–water partition coefficient (Wildman–Crippen LogP) is 2.45. The second kappa shape index (κ2) is 6.29. The van der Waals surface area contributed by atoms with Crippen molar-refractivity contribution in [3.63, 3.8) is 0 Å². The number of hydrogen-bond acceptors (Lipinski definition) is 5. The van der Waals surface area contributed by atoms with E-state index >= 15 is 0 Å². The third kappa shape index (κ3) is 3.75. The number of hydrogen-bond donors (Lipinski definition) is 2. The highest BCUT2D eigenvalue weighted by Gasteiger charge is 2.05. The van der Waals surface area contributed by atoms with Gasteiger partial charge in [-0.3, -0.25) is 0 Å². The Kier molecular flexibility index (Phi) is 4.46. The lowest BCUT2D eigenvalue weighted by Gasteiger charge is -2.04. The quantitative estimate of drug-likeness (QED) is 0.848. The highest BCUT2D eigenvalue weighted by Crippen LogP contribution is 2.11. The molecule has 6 heteroatoms. The molecule has 0 saturated heterocycles. The molecule has 0 radical (unpaired) electrons. The van der Waals surface area contributed by atoms with Crippen molar-refractivity contribution in [2.75, 3.05) is 11.9 Å². The number of nitrogens with zero attached hydrogens (tertiary/aromatic N) is 2. The first-order chi connectivity index (χ1) is 9.19. The van der Waals surface area contributed by atoms with Gasteiger partial charge in [-0.2, -0.15) is 0 Å². The van der Waals surface area contributed by atoms with Crippen molar-refractivity contribution < 1.29 is 9.90 Å². The number of aryl methyl sites for hydroxylation is 1. The molecule has 0 atom stereocenters. The van der Waals surface area contributed by atoms with Gasteiger partial charge in [0, 0.05) is 18.3 Å². The smallest absolute Gasteiger partial charge is 0.354 e. The average Bonchev–Trinajstić information content (AvgIpc) is 2.87. The van der Waals surface area contributed by atoms with Gasteiger partial charge >= 0.3 is 5.97 Å². The van der Waals surface area contributed by atoms with Crippen molar-refractivity contribution in [1.82, 2.24) is 9.97 Å². The number of carboxylic acid groups (broad SMARTS) is 1. The molecule has 0 saturated carbocycles. The van der Waals surface area contributed by atoms with E-state index in [0.29, 0.717) is 12.4 Å². The highest BCUT2D eigenvalue weighted by molar-refractivity contribution is 7.09. The summed E-state index contributed by atoms with van der Waals surface area (Å²) in [4.78, 5) is 19.3. The molecule has 0 bridgehead atoms. The monoisotopic (exact) mass is 277 g/mol. The van der Waals surface area contributed by atoms with E-state index in [1.807, 2.05) is 0 Å². The first-order valence-corrected chi connectivity index (χ1v) is 6.94. The number of nitrogens with one attached hydrogen (secondary N) is 1. The average molecular weight is 277 g/mol. The maximum absolute atomic E-state index is 10.8. The third-order valence-electron chi connectivity index (χ3n) is 2.56. The summed E-state index contributed by atoms with van der Waals surface area (Å²) in [6.07, 6.45) is 1.76. The molecule has 2 N–H and O–H groups in total. The molecule has 0 aliphatic rings. The minimum atomic E-state index is -1.02. The van der Waals surface area contributed by atoms with Gasteiger partial charge in [0.25, 0.3) is 0 Å². The summed E-state index contributed by atoms with van der Waals surface area (Å²) in [5, 5.41) is 15.1. The molecule has 2 aromatic heterocycles. The first-order valence-electron chi connectivity index (χ1n) is 6.06. The van der Waals surface area contributed by atoms with Gasteiger partial charge in [0.1, 0.15) is 5.82 Å². The van der Waals surface area contributed by atoms with Gasteiger partial charge in [0.15, 0.2) is 5.69 Å². The van der Waals surface area contributed by atoms with Crippen molar-refractivity contribution in [1.29, 1.82) is 0 Å². The first kappa shape index (κ1) is 13.5. The second-order valence-electron chi connectivity index (χ2n) is 3.98. The Labute approximate surface area is 115 Å². The molecule has 5 nitrogen and oxygen atoms in total. The topological polar surface area (TPSA) is 75.1 Å². The second-order valence-corrected chi connectivity index (χ2v) is 4.92. The number of carbonyl (C=O) groups is 1. The van der Waals surface area contributed by atoms with Gasteiger partial charge in [-0.15, -0.1) is 11.3 Å². The van der Waals surface area contributed by atoms with Crippen LogP contribution in [0, 0.1) is 0 Å². The van der Waals surface area contributed by atoms with Crippen LogP contribution in [0.5, 0.6) is 0 Å². The molecule has 19 heavy (non-hydrogen) atoms. The number of carboxylic acids is 1. The molecule has 0 unspecified atom stereocenters. The minimum Gasteiger partial charge on any atom is -0.477 e. The van der Waals surface area contributed by atoms with Gasteiger partial charge in [0.05, 0.1) is 10.7 Å². The molecule has 0 spiro atoms. The van der Waals surface area contributed by atoms with Crippen LogP contribution in [0.4, 0.5) is 5.82 Å². The van der Waals surface area contributed by atoms with Crippen LogP contribution in [0.1, 0.15) is 28.1 Å². The summed E-state index contributed by atoms with van der Waals surface area (Å²) < 4.78 is 0. The number of rotatable bonds is 6. The van der Waals surface area contributed by atoms with Crippen molar-refractivity contribution in [3.8, 4) is 0 Å². The molecule has 100 valence electrons. The zero-order valence-electron chi connectivity index (χ0n) is 10.6. The molecule has 0 aliphatic carbocycles. The number of aromatic carboxylic acids is 1. The van der Waals surface area contributed by atoms with Crippen molar-refractivity contribution >= 4 is 23.1 Å². The van der Waals surface area contributed by atoms with E-state index in [-0.39, 0.29) is 5.69 Å². The molecular formula is C13H15N3O2S. The standard InChI is InChI=1S/C13H15N3O2S/c1-2-12-15-9(8-19-12)6-7-14-11-5-3-4-10(16-11)13(17)18/h3-5,8H,2,6-7H2,1H3,(H,14,16)(H,17,18). The Morgan fingerprint density at radius 2 is 2.26 bits per heavy atom. The van der Waals surface area contributed by atoms with E-state index in [1.165, 1.54) is 6.07 Å². The lowest BCUT2D eigenvalue weighted by molar-refractivity contribution is 0.0690. The Balaban J connectivity index is 1.88. The van der Waals surface area contributed by atoms with Gasteiger partial charge < -0.3 is 10.4 Å². The Morgan fingerprint density at radius 1 is 1.42 bits per heavy atom. The fourth-order valence-electron chi connectivity index (χ4n) is 1.60. The van der Waals surface area contributed by atoms with Crippen LogP contribution in [0.3, 0.4) is 0 Å². The van der Waals surface area contributed by atoms with Crippen LogP contribution in [0.25, 0.3) is 0 Å². The van der Waals surface area contributed by atoms with Gasteiger partial charge in [0.2, 0.25) is 0 Å². The van der Waals surface area contributed by atoms with Crippen molar-refractivity contribution in [3.05, 3.63) is 40.0 Å². The molecule has 0 aromatic carbocycles. The molecule has 0 amide bonds. The Morgan fingerprint density at radius 3 is 2.95 bits per heavy atom. The lowest BCUT2D eigenvalue weighted by atomic mass is 10.3. The van der Waals surface area contributed by atoms with Crippen LogP contribution in [-0.2, 0) is 12.8 Å². The highest BCUT2D eigenvalue weighted by atomic mass is 32.1. The van der Waals surface area contributed by atoms with Gasteiger partial charge in [-0.05, 0) is 18.6 Å². The van der Waals surface area contributed by atoms with E-state index in [4.69, 9.17) is 5.11 Å². The van der Waals surface area contributed by atoms with E-state index < -0.39 is 5.97 Å². The lowest BCUT2D eigenvalue weighted by Crippen LogP contribution is -2.09. The third-order valence-corrected chi connectivity index (χ3v) is 3.60. The fourth-order valence-corrected chi connectivity index (χ4v) is 2.38. The summed E-state index contributed by atoms with van der Waals surface area (Å²) in [6, 6.07) is 4.91. The zero-order valence-corrected chi connectivity index (χ0v) is 11.4. The Bertz CT molecular complexity index is 569. The van der Waals surface area contributed by atoms with Crippen LogP contribution in [-0.4, -0.2) is 27.6 Å². The van der Waals surface area contributed by atoms with Crippen molar-refractivity contribution in [2.24, 2.45) is 0 Å². The van der Waals surface area contributed by atoms with Crippen LogP contribution < -0.4 is 5.32 Å². The molecule has 2 aromatic rings. The van der Waals surface area contributed by atoms with Gasteiger partial charge in [-0.1, -0.05) is 13.0 Å². The Hall–Kier alpha value is -1.95. The summed E-state index contributed by atoms with van der Waals surface area (Å²) in [6.45, 7) is 2.77. The zero-order chi connectivity index (χ0) is 13.7. The van der Waals surface area contributed by atoms with E-state index in [0.717, 1.165) is 23.5 Å². The fraction of sp³-hybridized carbons (Fsp3) is 0.308. The molecule has 0 aliphatic heterocycles. The normalized spacial score (nSPS) is 10.4. The van der Waals surface area contributed by atoms with Crippen LogP contribution in [0.15, 0.2) is 23.6 Å². The molecule has 0 fully saturated rings. The summed E-state index contributed by atoms with van der Waals surface area (Å²) >= 11 is 1.67.